The molecule has 7 heteroatoms. The van der Waals surface area contributed by atoms with Gasteiger partial charge in [-0.1, -0.05) is 0 Å². The molecule has 25 heavy (non-hydrogen) atoms. The van der Waals surface area contributed by atoms with Crippen LogP contribution in [-0.2, 0) is 6.54 Å². The summed E-state index contributed by atoms with van der Waals surface area (Å²) in [6.07, 6.45) is 6.54. The van der Waals surface area contributed by atoms with Gasteiger partial charge in [-0.25, -0.2) is 4.98 Å². The molecule has 132 valence electrons. The minimum atomic E-state index is 0.0811. The summed E-state index contributed by atoms with van der Waals surface area (Å²) in [6.45, 7) is 6.96. The summed E-state index contributed by atoms with van der Waals surface area (Å²) in [7, 11) is 0. The zero-order valence-corrected chi connectivity index (χ0v) is 15.3. The van der Waals surface area contributed by atoms with Gasteiger partial charge in [0.2, 0.25) is 0 Å². The Morgan fingerprint density at radius 2 is 2.04 bits per heavy atom. The zero-order chi connectivity index (χ0) is 17.3. The number of amides is 1. The van der Waals surface area contributed by atoms with Gasteiger partial charge in [0.05, 0.1) is 28.7 Å². The smallest absolute Gasteiger partial charge is 0.255 e. The Balaban J connectivity index is 1.33. The molecule has 2 aliphatic heterocycles. The average molecular weight is 357 g/mol. The van der Waals surface area contributed by atoms with Crippen LogP contribution < -0.4 is 0 Å². The van der Waals surface area contributed by atoms with Crippen LogP contribution in [0.25, 0.3) is 0 Å². The van der Waals surface area contributed by atoms with Crippen molar-refractivity contribution in [2.24, 2.45) is 5.41 Å². The standard InChI is InChI=1S/C18H23N5OS/c1-14-21-16(12-25-14)11-22-7-3-18(13-22)4-8-23(9-5-18)17(24)15-2-6-19-20-10-15/h2,6,10,12H,3-5,7-9,11,13H2,1H3. The molecule has 0 atom stereocenters. The summed E-state index contributed by atoms with van der Waals surface area (Å²) in [5.74, 6) is 0.0811. The van der Waals surface area contributed by atoms with Crippen molar-refractivity contribution in [1.29, 1.82) is 0 Å². The number of hydrogen-bond donors (Lipinski definition) is 0. The molecule has 0 saturated carbocycles. The molecule has 0 aliphatic carbocycles. The van der Waals surface area contributed by atoms with Gasteiger partial charge in [-0.2, -0.15) is 10.2 Å². The third-order valence-electron chi connectivity index (χ3n) is 5.51. The highest BCUT2D eigenvalue weighted by Gasteiger charge is 2.41. The molecule has 0 radical (unpaired) electrons. The Morgan fingerprint density at radius 3 is 2.72 bits per heavy atom. The Labute approximate surface area is 151 Å². The van der Waals surface area contributed by atoms with Gasteiger partial charge in [0.25, 0.3) is 5.91 Å². The molecule has 0 bridgehead atoms. The van der Waals surface area contributed by atoms with E-state index in [-0.39, 0.29) is 5.91 Å². The second-order valence-electron chi connectivity index (χ2n) is 7.24. The van der Waals surface area contributed by atoms with Gasteiger partial charge in [-0.15, -0.1) is 11.3 Å². The normalized spacial score (nSPS) is 20.3. The van der Waals surface area contributed by atoms with Crippen molar-refractivity contribution < 1.29 is 4.79 Å². The molecule has 2 aromatic rings. The molecule has 2 aliphatic rings. The molecule has 1 amide bonds. The summed E-state index contributed by atoms with van der Waals surface area (Å²) < 4.78 is 0. The molecule has 4 heterocycles. The summed E-state index contributed by atoms with van der Waals surface area (Å²) in [5, 5.41) is 10.9. The number of nitrogens with zero attached hydrogens (tertiary/aromatic N) is 5. The molecule has 0 unspecified atom stereocenters. The van der Waals surface area contributed by atoms with Crippen molar-refractivity contribution in [3.05, 3.63) is 40.1 Å². The van der Waals surface area contributed by atoms with Gasteiger partial charge >= 0.3 is 0 Å². The topological polar surface area (TPSA) is 62.2 Å². The quantitative estimate of drug-likeness (QED) is 0.844. The molecular formula is C18H23N5OS. The molecule has 1 spiro atoms. The van der Waals surface area contributed by atoms with E-state index in [4.69, 9.17) is 0 Å². The number of aryl methyl sites for hydroxylation is 1. The SMILES string of the molecule is Cc1nc(CN2CCC3(CCN(C(=O)c4ccnnc4)CC3)C2)cs1. The van der Waals surface area contributed by atoms with Gasteiger partial charge in [0, 0.05) is 31.6 Å². The maximum atomic E-state index is 12.6. The lowest BCUT2D eigenvalue weighted by Gasteiger charge is -2.39. The van der Waals surface area contributed by atoms with Crippen LogP contribution in [0.15, 0.2) is 23.8 Å². The van der Waals surface area contributed by atoms with E-state index in [1.165, 1.54) is 12.1 Å². The van der Waals surface area contributed by atoms with Crippen molar-refractivity contribution in [3.8, 4) is 0 Å². The third-order valence-corrected chi connectivity index (χ3v) is 6.33. The van der Waals surface area contributed by atoms with Crippen LogP contribution in [0.3, 0.4) is 0 Å². The number of likely N-dealkylation sites (tertiary alicyclic amines) is 2. The van der Waals surface area contributed by atoms with Gasteiger partial charge in [-0.05, 0) is 44.2 Å². The van der Waals surface area contributed by atoms with E-state index in [0.717, 1.165) is 50.6 Å². The lowest BCUT2D eigenvalue weighted by molar-refractivity contribution is 0.0587. The Hall–Kier alpha value is -1.86. The largest absolute Gasteiger partial charge is 0.339 e. The van der Waals surface area contributed by atoms with E-state index in [0.29, 0.717) is 11.0 Å². The highest BCUT2D eigenvalue weighted by molar-refractivity contribution is 7.09. The molecule has 2 aromatic heterocycles. The van der Waals surface area contributed by atoms with E-state index < -0.39 is 0 Å². The van der Waals surface area contributed by atoms with Gasteiger partial charge in [-0.3, -0.25) is 9.69 Å². The van der Waals surface area contributed by atoms with Crippen LogP contribution in [0.4, 0.5) is 0 Å². The van der Waals surface area contributed by atoms with E-state index in [9.17, 15) is 4.79 Å². The Bertz CT molecular complexity index is 739. The Kier molecular flexibility index (Phi) is 4.52. The van der Waals surface area contributed by atoms with Crippen molar-refractivity contribution in [2.75, 3.05) is 26.2 Å². The van der Waals surface area contributed by atoms with E-state index >= 15 is 0 Å². The number of carbonyl (C=O) groups excluding carboxylic acids is 1. The van der Waals surface area contributed by atoms with Crippen LogP contribution in [0.5, 0.6) is 0 Å². The zero-order valence-electron chi connectivity index (χ0n) is 14.5. The van der Waals surface area contributed by atoms with Crippen molar-refractivity contribution >= 4 is 17.2 Å². The number of aromatic nitrogens is 3. The highest BCUT2D eigenvalue weighted by atomic mass is 32.1. The van der Waals surface area contributed by atoms with Crippen LogP contribution >= 0.6 is 11.3 Å². The van der Waals surface area contributed by atoms with E-state index in [1.807, 2.05) is 4.90 Å². The average Bonchev–Trinajstić information content (AvgIpc) is 3.22. The second-order valence-corrected chi connectivity index (χ2v) is 8.30. The molecule has 6 nitrogen and oxygen atoms in total. The molecule has 2 saturated heterocycles. The van der Waals surface area contributed by atoms with Crippen molar-refractivity contribution in [1.82, 2.24) is 25.0 Å². The molecule has 0 aromatic carbocycles. The fourth-order valence-corrected chi connectivity index (χ4v) is 4.67. The summed E-state index contributed by atoms with van der Waals surface area (Å²) in [5.41, 5.74) is 2.20. The first-order valence-electron chi connectivity index (χ1n) is 8.83. The maximum absolute atomic E-state index is 12.6. The fourth-order valence-electron chi connectivity index (χ4n) is 4.06. The van der Waals surface area contributed by atoms with E-state index in [1.54, 1.807) is 29.8 Å². The molecule has 0 N–H and O–H groups in total. The summed E-state index contributed by atoms with van der Waals surface area (Å²) in [4.78, 5) is 21.6. The second kappa shape index (κ2) is 6.80. The minimum Gasteiger partial charge on any atom is -0.339 e. The highest BCUT2D eigenvalue weighted by Crippen LogP contribution is 2.41. The van der Waals surface area contributed by atoms with Crippen molar-refractivity contribution in [3.63, 3.8) is 0 Å². The molecule has 2 fully saturated rings. The van der Waals surface area contributed by atoms with Crippen molar-refractivity contribution in [2.45, 2.75) is 32.7 Å². The minimum absolute atomic E-state index is 0.0811. The first kappa shape index (κ1) is 16.6. The first-order valence-corrected chi connectivity index (χ1v) is 9.71. The number of carbonyl (C=O) groups is 1. The number of hydrogen-bond acceptors (Lipinski definition) is 6. The first-order chi connectivity index (χ1) is 12.1. The monoisotopic (exact) mass is 357 g/mol. The number of thiazole rings is 1. The number of piperidine rings is 1. The molecular weight excluding hydrogens is 334 g/mol. The van der Waals surface area contributed by atoms with Crippen LogP contribution in [-0.4, -0.2) is 57.1 Å². The van der Waals surface area contributed by atoms with Crippen LogP contribution in [0, 0.1) is 12.3 Å². The maximum Gasteiger partial charge on any atom is 0.255 e. The van der Waals surface area contributed by atoms with Gasteiger partial charge in [0.15, 0.2) is 0 Å². The fraction of sp³-hybridized carbons (Fsp3) is 0.556. The predicted molar refractivity (Wildman–Crippen MR) is 96.3 cm³/mol. The third kappa shape index (κ3) is 3.57. The summed E-state index contributed by atoms with van der Waals surface area (Å²) >= 11 is 1.72. The number of rotatable bonds is 3. The van der Waals surface area contributed by atoms with Crippen LogP contribution in [0.2, 0.25) is 0 Å². The van der Waals surface area contributed by atoms with Gasteiger partial charge < -0.3 is 4.90 Å². The van der Waals surface area contributed by atoms with E-state index in [2.05, 4.69) is 32.4 Å². The summed E-state index contributed by atoms with van der Waals surface area (Å²) in [6, 6.07) is 1.74. The Morgan fingerprint density at radius 1 is 1.24 bits per heavy atom. The van der Waals surface area contributed by atoms with Gasteiger partial charge in [0.1, 0.15) is 0 Å². The predicted octanol–water partition coefficient (Wildman–Crippen LogP) is 2.37. The van der Waals surface area contributed by atoms with Crippen LogP contribution in [0.1, 0.15) is 40.3 Å². The lowest BCUT2D eigenvalue weighted by atomic mass is 9.77. The lowest BCUT2D eigenvalue weighted by Crippen LogP contribution is -2.44. The molecule has 4 rings (SSSR count).